The van der Waals surface area contributed by atoms with E-state index in [4.69, 9.17) is 4.74 Å². The summed E-state index contributed by atoms with van der Waals surface area (Å²) in [4.78, 5) is 16.8. The van der Waals surface area contributed by atoms with E-state index in [1.54, 1.807) is 7.11 Å². The molecule has 0 spiro atoms. The number of carbonyl (C=O) groups excluding carboxylic acids is 1. The van der Waals surface area contributed by atoms with Gasteiger partial charge in [-0.25, -0.2) is 4.79 Å². The normalized spacial score (nSPS) is 20.0. The average Bonchev–Trinajstić information content (AvgIpc) is 2.64. The lowest BCUT2D eigenvalue weighted by Crippen LogP contribution is -2.53. The maximum atomic E-state index is 12.4. The van der Waals surface area contributed by atoms with E-state index in [1.165, 1.54) is 24.8 Å². The Morgan fingerprint density at radius 1 is 1.08 bits per heavy atom. The van der Waals surface area contributed by atoms with Crippen molar-refractivity contribution in [1.29, 1.82) is 0 Å². The predicted octanol–water partition coefficient (Wildman–Crippen LogP) is 2.86. The van der Waals surface area contributed by atoms with E-state index in [-0.39, 0.29) is 6.03 Å². The van der Waals surface area contributed by atoms with Crippen LogP contribution in [0.1, 0.15) is 37.7 Å². The van der Waals surface area contributed by atoms with Gasteiger partial charge in [-0.2, -0.15) is 0 Å². The fourth-order valence-corrected chi connectivity index (χ4v) is 3.61. The monoisotopic (exact) mass is 331 g/mol. The van der Waals surface area contributed by atoms with Crippen LogP contribution < -0.4 is 10.1 Å². The summed E-state index contributed by atoms with van der Waals surface area (Å²) in [6.07, 6.45) is 6.10. The standard InChI is InChI=1S/C19H29N3O2/c1-24-18-9-7-16(8-10-18)15-21-11-13-22(14-12-21)19(23)20-17-5-3-2-4-6-17/h7-10,17H,2-6,11-15H2,1H3,(H,20,23). The third-order valence-electron chi connectivity index (χ3n) is 5.16. The number of piperazine rings is 1. The van der Waals surface area contributed by atoms with E-state index < -0.39 is 0 Å². The molecule has 1 aliphatic carbocycles. The first-order valence-corrected chi connectivity index (χ1v) is 9.15. The molecular formula is C19H29N3O2. The minimum atomic E-state index is 0.131. The lowest BCUT2D eigenvalue weighted by atomic mass is 9.96. The molecule has 1 saturated carbocycles. The van der Waals surface area contributed by atoms with Crippen LogP contribution in [0.3, 0.4) is 0 Å². The molecule has 2 aliphatic rings. The first kappa shape index (κ1) is 17.1. The molecule has 1 saturated heterocycles. The molecule has 0 unspecified atom stereocenters. The molecule has 5 heteroatoms. The van der Waals surface area contributed by atoms with Gasteiger partial charge in [0.25, 0.3) is 0 Å². The largest absolute Gasteiger partial charge is 0.497 e. The van der Waals surface area contributed by atoms with Gasteiger partial charge in [0.05, 0.1) is 7.11 Å². The van der Waals surface area contributed by atoms with Gasteiger partial charge in [-0.05, 0) is 30.5 Å². The topological polar surface area (TPSA) is 44.8 Å². The summed E-state index contributed by atoms with van der Waals surface area (Å²) in [7, 11) is 1.69. The number of amides is 2. The molecule has 5 nitrogen and oxygen atoms in total. The van der Waals surface area contributed by atoms with Crippen molar-refractivity contribution in [2.24, 2.45) is 0 Å². The number of hydrogen-bond acceptors (Lipinski definition) is 3. The minimum Gasteiger partial charge on any atom is -0.497 e. The Kier molecular flexibility index (Phi) is 5.96. The number of nitrogens with one attached hydrogen (secondary N) is 1. The molecule has 3 rings (SSSR count). The van der Waals surface area contributed by atoms with Gasteiger partial charge in [0.2, 0.25) is 0 Å². The van der Waals surface area contributed by atoms with Crippen molar-refractivity contribution in [3.05, 3.63) is 29.8 Å². The van der Waals surface area contributed by atoms with Gasteiger partial charge in [0, 0.05) is 38.8 Å². The second kappa shape index (κ2) is 8.38. The van der Waals surface area contributed by atoms with Crippen LogP contribution in [0, 0.1) is 0 Å². The molecule has 1 aromatic rings. The van der Waals surface area contributed by atoms with Crippen molar-refractivity contribution >= 4 is 6.03 Å². The van der Waals surface area contributed by atoms with Gasteiger partial charge in [-0.1, -0.05) is 31.4 Å². The van der Waals surface area contributed by atoms with Crippen molar-refractivity contribution in [3.8, 4) is 5.75 Å². The molecule has 1 heterocycles. The molecule has 1 aliphatic heterocycles. The Morgan fingerprint density at radius 2 is 1.75 bits per heavy atom. The molecule has 0 aromatic heterocycles. The van der Waals surface area contributed by atoms with Crippen LogP contribution in [0.4, 0.5) is 4.79 Å². The third kappa shape index (κ3) is 4.63. The minimum absolute atomic E-state index is 0.131. The van der Waals surface area contributed by atoms with E-state index in [0.29, 0.717) is 6.04 Å². The number of rotatable bonds is 4. The van der Waals surface area contributed by atoms with Gasteiger partial charge < -0.3 is 15.0 Å². The second-order valence-corrected chi connectivity index (χ2v) is 6.90. The zero-order valence-corrected chi connectivity index (χ0v) is 14.7. The van der Waals surface area contributed by atoms with Crippen LogP contribution in [0.15, 0.2) is 24.3 Å². The summed E-state index contributed by atoms with van der Waals surface area (Å²) in [6, 6.07) is 8.75. The molecule has 0 bridgehead atoms. The summed E-state index contributed by atoms with van der Waals surface area (Å²) in [5.74, 6) is 0.892. The number of ether oxygens (including phenoxy) is 1. The van der Waals surface area contributed by atoms with Crippen LogP contribution in [0.2, 0.25) is 0 Å². The first-order chi connectivity index (χ1) is 11.7. The zero-order chi connectivity index (χ0) is 16.8. The van der Waals surface area contributed by atoms with Gasteiger partial charge in [-0.3, -0.25) is 4.90 Å². The van der Waals surface area contributed by atoms with Crippen LogP contribution in [-0.4, -0.2) is 55.2 Å². The number of carbonyl (C=O) groups is 1. The second-order valence-electron chi connectivity index (χ2n) is 6.90. The van der Waals surface area contributed by atoms with Gasteiger partial charge in [0.15, 0.2) is 0 Å². The highest BCUT2D eigenvalue weighted by atomic mass is 16.5. The lowest BCUT2D eigenvalue weighted by molar-refractivity contribution is 0.132. The fraction of sp³-hybridized carbons (Fsp3) is 0.632. The summed E-state index contributed by atoms with van der Waals surface area (Å²) >= 11 is 0. The molecule has 0 radical (unpaired) electrons. The van der Waals surface area contributed by atoms with Gasteiger partial charge in [-0.15, -0.1) is 0 Å². The molecule has 0 atom stereocenters. The van der Waals surface area contributed by atoms with Gasteiger partial charge in [0.1, 0.15) is 5.75 Å². The molecule has 1 N–H and O–H groups in total. The highest BCUT2D eigenvalue weighted by Crippen LogP contribution is 2.18. The number of nitrogens with zero attached hydrogens (tertiary/aromatic N) is 2. The lowest BCUT2D eigenvalue weighted by Gasteiger charge is -2.36. The number of hydrogen-bond donors (Lipinski definition) is 1. The van der Waals surface area contributed by atoms with Crippen molar-refractivity contribution in [1.82, 2.24) is 15.1 Å². The summed E-state index contributed by atoms with van der Waals surface area (Å²) in [6.45, 7) is 4.43. The fourth-order valence-electron chi connectivity index (χ4n) is 3.61. The van der Waals surface area contributed by atoms with E-state index >= 15 is 0 Å². The van der Waals surface area contributed by atoms with Crippen molar-refractivity contribution in [3.63, 3.8) is 0 Å². The maximum Gasteiger partial charge on any atom is 0.317 e. The third-order valence-corrected chi connectivity index (χ3v) is 5.16. The van der Waals surface area contributed by atoms with Gasteiger partial charge >= 0.3 is 6.03 Å². The van der Waals surface area contributed by atoms with E-state index in [2.05, 4.69) is 22.3 Å². The Bertz CT molecular complexity index is 518. The summed E-state index contributed by atoms with van der Waals surface area (Å²) < 4.78 is 5.20. The van der Waals surface area contributed by atoms with E-state index in [1.807, 2.05) is 17.0 Å². The maximum absolute atomic E-state index is 12.4. The smallest absolute Gasteiger partial charge is 0.317 e. The number of methoxy groups -OCH3 is 1. The van der Waals surface area contributed by atoms with Crippen LogP contribution in [-0.2, 0) is 6.54 Å². The van der Waals surface area contributed by atoms with Crippen LogP contribution >= 0.6 is 0 Å². The van der Waals surface area contributed by atoms with Crippen LogP contribution in [0.25, 0.3) is 0 Å². The molecule has 132 valence electrons. The Hall–Kier alpha value is -1.75. The number of benzene rings is 1. The average molecular weight is 331 g/mol. The van der Waals surface area contributed by atoms with E-state index in [0.717, 1.165) is 51.3 Å². The van der Waals surface area contributed by atoms with Crippen molar-refractivity contribution in [2.45, 2.75) is 44.7 Å². The summed E-state index contributed by atoms with van der Waals surface area (Å²) in [5, 5.41) is 3.22. The zero-order valence-electron chi connectivity index (χ0n) is 14.7. The highest BCUT2D eigenvalue weighted by molar-refractivity contribution is 5.74. The van der Waals surface area contributed by atoms with Crippen molar-refractivity contribution < 1.29 is 9.53 Å². The SMILES string of the molecule is COc1ccc(CN2CCN(C(=O)NC3CCCCC3)CC2)cc1. The van der Waals surface area contributed by atoms with E-state index in [9.17, 15) is 4.79 Å². The summed E-state index contributed by atoms with van der Waals surface area (Å²) in [5.41, 5.74) is 1.29. The Morgan fingerprint density at radius 3 is 2.38 bits per heavy atom. The first-order valence-electron chi connectivity index (χ1n) is 9.15. The molecule has 24 heavy (non-hydrogen) atoms. The molecule has 2 amide bonds. The predicted molar refractivity (Wildman–Crippen MR) is 95.2 cm³/mol. The molecule has 2 fully saturated rings. The Balaban J connectivity index is 1.42. The quantitative estimate of drug-likeness (QED) is 0.923. The van der Waals surface area contributed by atoms with Crippen LogP contribution in [0.5, 0.6) is 5.75 Å². The Labute approximate surface area is 145 Å². The highest BCUT2D eigenvalue weighted by Gasteiger charge is 2.23. The van der Waals surface area contributed by atoms with Crippen molar-refractivity contribution in [2.75, 3.05) is 33.3 Å². The molecule has 1 aromatic carbocycles. The number of urea groups is 1. The molecular weight excluding hydrogens is 302 g/mol.